The monoisotopic (exact) mass is 384 g/mol. The zero-order chi connectivity index (χ0) is 19.4. The lowest BCUT2D eigenvalue weighted by molar-refractivity contribution is -0.115. The van der Waals surface area contributed by atoms with Gasteiger partial charge < -0.3 is 9.88 Å². The third kappa shape index (κ3) is 4.74. The van der Waals surface area contributed by atoms with E-state index in [9.17, 15) is 9.18 Å². The Morgan fingerprint density at radius 1 is 1.19 bits per heavy atom. The first-order valence-corrected chi connectivity index (χ1v) is 9.49. The summed E-state index contributed by atoms with van der Waals surface area (Å²) in [7, 11) is 0. The Morgan fingerprint density at radius 2 is 1.93 bits per heavy atom. The summed E-state index contributed by atoms with van der Waals surface area (Å²) in [6.07, 6.45) is 0. The number of benzene rings is 2. The molecule has 1 N–H and O–H groups in total. The maximum atomic E-state index is 14.0. The van der Waals surface area contributed by atoms with Gasteiger partial charge in [0, 0.05) is 0 Å². The van der Waals surface area contributed by atoms with Crippen molar-refractivity contribution in [2.45, 2.75) is 37.7 Å². The van der Waals surface area contributed by atoms with Gasteiger partial charge in [-0.1, -0.05) is 48.2 Å². The third-order valence-electron chi connectivity index (χ3n) is 4.12. The summed E-state index contributed by atoms with van der Waals surface area (Å²) in [4.78, 5) is 12.5. The minimum absolute atomic E-state index is 0.181. The lowest BCUT2D eigenvalue weighted by atomic mass is 10.2. The number of rotatable bonds is 6. The maximum Gasteiger partial charge on any atom is 0.237 e. The fraction of sp³-hybridized carbons (Fsp3) is 0.250. The van der Waals surface area contributed by atoms with Crippen molar-refractivity contribution in [3.8, 4) is 0 Å². The van der Waals surface area contributed by atoms with Gasteiger partial charge in [0.15, 0.2) is 5.16 Å². The number of carbonyl (C=O) groups excluding carboxylic acids is 1. The van der Waals surface area contributed by atoms with Crippen LogP contribution in [0.25, 0.3) is 0 Å². The van der Waals surface area contributed by atoms with Gasteiger partial charge in [0.1, 0.15) is 11.6 Å². The molecule has 3 aromatic rings. The van der Waals surface area contributed by atoms with Crippen molar-refractivity contribution in [1.29, 1.82) is 0 Å². The highest BCUT2D eigenvalue weighted by Gasteiger charge is 2.20. The topological polar surface area (TPSA) is 59.8 Å². The molecule has 0 aliphatic carbocycles. The fourth-order valence-electron chi connectivity index (χ4n) is 2.56. The van der Waals surface area contributed by atoms with Crippen molar-refractivity contribution in [2.75, 3.05) is 5.32 Å². The highest BCUT2D eigenvalue weighted by Crippen LogP contribution is 2.25. The largest absolute Gasteiger partial charge is 0.323 e. The van der Waals surface area contributed by atoms with E-state index in [0.717, 1.165) is 17.0 Å². The molecule has 3 rings (SSSR count). The van der Waals surface area contributed by atoms with Gasteiger partial charge >= 0.3 is 0 Å². The SMILES string of the molecule is Cc1ccc(NC(=O)C(C)Sc2nnc(C)n2Cc2ccccc2)c(F)c1. The number of aryl methyl sites for hydroxylation is 2. The smallest absolute Gasteiger partial charge is 0.237 e. The number of hydrogen-bond donors (Lipinski definition) is 1. The zero-order valence-corrected chi connectivity index (χ0v) is 16.3. The molecule has 5 nitrogen and oxygen atoms in total. The second-order valence-corrected chi connectivity index (χ2v) is 7.64. The lowest BCUT2D eigenvalue weighted by Crippen LogP contribution is -2.23. The van der Waals surface area contributed by atoms with Gasteiger partial charge in [-0.2, -0.15) is 0 Å². The standard InChI is InChI=1S/C20H21FN4OS/c1-13-9-10-18(17(21)11-13)22-19(26)14(2)27-20-24-23-15(3)25(20)12-16-7-5-4-6-8-16/h4-11,14H,12H2,1-3H3,(H,22,26). The fourth-order valence-corrected chi connectivity index (χ4v) is 3.46. The molecule has 140 valence electrons. The molecule has 1 aromatic heterocycles. The number of aromatic nitrogens is 3. The molecule has 0 saturated carbocycles. The summed E-state index contributed by atoms with van der Waals surface area (Å²) in [5, 5.41) is 11.2. The minimum Gasteiger partial charge on any atom is -0.323 e. The van der Waals surface area contributed by atoms with Crippen molar-refractivity contribution in [3.05, 3.63) is 71.3 Å². The van der Waals surface area contributed by atoms with Crippen LogP contribution in [-0.4, -0.2) is 25.9 Å². The highest BCUT2D eigenvalue weighted by molar-refractivity contribution is 8.00. The predicted molar refractivity (Wildman–Crippen MR) is 105 cm³/mol. The van der Waals surface area contributed by atoms with Gasteiger partial charge in [-0.05, 0) is 44.0 Å². The summed E-state index contributed by atoms with van der Waals surface area (Å²) in [5.74, 6) is 0.0526. The molecule has 2 aromatic carbocycles. The second-order valence-electron chi connectivity index (χ2n) is 6.33. The molecule has 7 heteroatoms. The number of nitrogens with one attached hydrogen (secondary N) is 1. The normalized spacial score (nSPS) is 12.0. The molecule has 0 aliphatic heterocycles. The summed E-state index contributed by atoms with van der Waals surface area (Å²) >= 11 is 1.30. The van der Waals surface area contributed by atoms with Gasteiger partial charge in [0.05, 0.1) is 17.5 Å². The van der Waals surface area contributed by atoms with E-state index < -0.39 is 11.1 Å². The number of carbonyl (C=O) groups is 1. The summed E-state index contributed by atoms with van der Waals surface area (Å²) in [6, 6.07) is 14.7. The zero-order valence-electron chi connectivity index (χ0n) is 15.4. The molecule has 0 radical (unpaired) electrons. The van der Waals surface area contributed by atoms with E-state index in [2.05, 4.69) is 15.5 Å². The summed E-state index contributed by atoms with van der Waals surface area (Å²) in [6.45, 7) is 6.08. The van der Waals surface area contributed by atoms with Crippen LogP contribution in [0.5, 0.6) is 0 Å². The Hall–Kier alpha value is -2.67. The van der Waals surface area contributed by atoms with Gasteiger partial charge in [-0.15, -0.1) is 10.2 Å². The third-order valence-corrected chi connectivity index (χ3v) is 5.20. The van der Waals surface area contributed by atoms with E-state index in [0.29, 0.717) is 11.7 Å². The van der Waals surface area contributed by atoms with Crippen molar-refractivity contribution >= 4 is 23.4 Å². The van der Waals surface area contributed by atoms with Crippen LogP contribution in [0.3, 0.4) is 0 Å². The first-order valence-electron chi connectivity index (χ1n) is 8.61. The molecule has 0 saturated heterocycles. The van der Waals surface area contributed by atoms with Crippen LogP contribution >= 0.6 is 11.8 Å². The van der Waals surface area contributed by atoms with Crippen LogP contribution in [0.2, 0.25) is 0 Å². The van der Waals surface area contributed by atoms with E-state index in [-0.39, 0.29) is 11.6 Å². The van der Waals surface area contributed by atoms with E-state index in [1.807, 2.05) is 41.8 Å². The summed E-state index contributed by atoms with van der Waals surface area (Å²) < 4.78 is 15.9. The van der Waals surface area contributed by atoms with Crippen molar-refractivity contribution in [3.63, 3.8) is 0 Å². The van der Waals surface area contributed by atoms with Crippen molar-refractivity contribution in [2.24, 2.45) is 0 Å². The number of anilines is 1. The van der Waals surface area contributed by atoms with Gasteiger partial charge in [0.25, 0.3) is 0 Å². The van der Waals surface area contributed by atoms with Gasteiger partial charge in [-0.25, -0.2) is 4.39 Å². The number of thioether (sulfide) groups is 1. The Labute approximate surface area is 162 Å². The lowest BCUT2D eigenvalue weighted by Gasteiger charge is -2.14. The van der Waals surface area contributed by atoms with Crippen LogP contribution in [-0.2, 0) is 11.3 Å². The Kier molecular flexibility index (Phi) is 5.91. The molecule has 0 bridgehead atoms. The van der Waals surface area contributed by atoms with E-state index in [1.165, 1.54) is 17.8 Å². The first-order chi connectivity index (χ1) is 12.9. The van der Waals surface area contributed by atoms with Crippen LogP contribution in [0, 0.1) is 19.7 Å². The van der Waals surface area contributed by atoms with E-state index in [4.69, 9.17) is 0 Å². The Morgan fingerprint density at radius 3 is 2.63 bits per heavy atom. The van der Waals surface area contributed by atoms with E-state index >= 15 is 0 Å². The molecule has 1 amide bonds. The molecule has 1 heterocycles. The van der Waals surface area contributed by atoms with Gasteiger partial charge in [-0.3, -0.25) is 4.79 Å². The molecule has 1 unspecified atom stereocenters. The van der Waals surface area contributed by atoms with Crippen molar-refractivity contribution < 1.29 is 9.18 Å². The van der Waals surface area contributed by atoms with Crippen molar-refractivity contribution in [1.82, 2.24) is 14.8 Å². The molecule has 0 aliphatic rings. The summed E-state index contributed by atoms with van der Waals surface area (Å²) in [5.41, 5.74) is 2.11. The first kappa shape index (κ1) is 19.1. The average Bonchev–Trinajstić information content (AvgIpc) is 2.98. The molecule has 1 atom stereocenters. The molecule has 0 spiro atoms. The van der Waals surface area contributed by atoms with E-state index in [1.54, 1.807) is 26.0 Å². The quantitative estimate of drug-likeness (QED) is 0.647. The maximum absolute atomic E-state index is 14.0. The van der Waals surface area contributed by atoms with Crippen LogP contribution in [0.4, 0.5) is 10.1 Å². The average molecular weight is 384 g/mol. The Bertz CT molecular complexity index is 942. The minimum atomic E-state index is -0.455. The molecule has 27 heavy (non-hydrogen) atoms. The number of nitrogens with zero attached hydrogens (tertiary/aromatic N) is 3. The van der Waals surface area contributed by atoms with Crippen LogP contribution < -0.4 is 5.32 Å². The second kappa shape index (κ2) is 8.35. The Balaban J connectivity index is 1.70. The molecular weight excluding hydrogens is 363 g/mol. The van der Waals surface area contributed by atoms with Crippen LogP contribution in [0.1, 0.15) is 23.9 Å². The molecular formula is C20H21FN4OS. The number of halogens is 1. The predicted octanol–water partition coefficient (Wildman–Crippen LogP) is 4.20. The van der Waals surface area contributed by atoms with Gasteiger partial charge in [0.2, 0.25) is 5.91 Å². The number of amides is 1. The number of hydrogen-bond acceptors (Lipinski definition) is 4. The van der Waals surface area contributed by atoms with Crippen LogP contribution in [0.15, 0.2) is 53.7 Å². The highest BCUT2D eigenvalue weighted by atomic mass is 32.2. The molecule has 0 fully saturated rings.